The third-order valence-electron chi connectivity index (χ3n) is 4.29. The number of H-pyrrole nitrogens is 1. The summed E-state index contributed by atoms with van der Waals surface area (Å²) >= 11 is 0. The number of amides is 1. The summed E-state index contributed by atoms with van der Waals surface area (Å²) in [6.07, 6.45) is 5.41. The quantitative estimate of drug-likeness (QED) is 0.897. The van der Waals surface area contributed by atoms with Crippen LogP contribution in [0.5, 0.6) is 0 Å². The van der Waals surface area contributed by atoms with Crippen molar-refractivity contribution in [1.29, 1.82) is 0 Å². The predicted molar refractivity (Wildman–Crippen MR) is 88.4 cm³/mol. The molecule has 2 aromatic heterocycles. The van der Waals surface area contributed by atoms with Crippen molar-refractivity contribution in [1.82, 2.24) is 20.2 Å². The van der Waals surface area contributed by atoms with Gasteiger partial charge in [0.25, 0.3) is 0 Å². The Labute approximate surface area is 139 Å². The van der Waals surface area contributed by atoms with Crippen LogP contribution in [0, 0.1) is 5.82 Å². The highest BCUT2D eigenvalue weighted by Gasteiger charge is 2.27. The van der Waals surface area contributed by atoms with Crippen LogP contribution >= 0.6 is 0 Å². The molecule has 24 heavy (non-hydrogen) atoms. The highest BCUT2D eigenvalue weighted by molar-refractivity contribution is 5.89. The summed E-state index contributed by atoms with van der Waals surface area (Å²) in [6.45, 7) is 4.70. The van der Waals surface area contributed by atoms with Crippen molar-refractivity contribution in [3.63, 3.8) is 0 Å². The van der Waals surface area contributed by atoms with Crippen molar-refractivity contribution in [3.8, 4) is 0 Å². The van der Waals surface area contributed by atoms with Gasteiger partial charge in [0.05, 0.1) is 23.3 Å². The summed E-state index contributed by atoms with van der Waals surface area (Å²) in [4.78, 5) is 21.4. The SMILES string of the molecule is CCc1ncnc(N2CCCC(c3[nH]ncc3NC(C)=O)C2)c1F. The lowest BCUT2D eigenvalue weighted by Crippen LogP contribution is -2.36. The summed E-state index contributed by atoms with van der Waals surface area (Å²) in [6, 6.07) is 0. The summed E-state index contributed by atoms with van der Waals surface area (Å²) in [5, 5.41) is 9.79. The Bertz CT molecular complexity index is 731. The Kier molecular flexibility index (Phi) is 4.73. The first kappa shape index (κ1) is 16.4. The number of hydrogen-bond acceptors (Lipinski definition) is 5. The fraction of sp³-hybridized carbons (Fsp3) is 0.500. The number of nitrogens with zero attached hydrogens (tertiary/aromatic N) is 4. The molecule has 0 aliphatic carbocycles. The Morgan fingerprint density at radius 2 is 2.33 bits per heavy atom. The van der Waals surface area contributed by atoms with Gasteiger partial charge in [-0.2, -0.15) is 5.10 Å². The monoisotopic (exact) mass is 332 g/mol. The molecule has 1 amide bonds. The standard InChI is InChI=1S/C16H21FN6O/c1-3-12-14(17)16(19-9-18-12)23-6-4-5-11(8-23)15-13(7-20-22-15)21-10(2)24/h7,9,11H,3-6,8H2,1-2H3,(H,20,22)(H,21,24). The molecule has 1 saturated heterocycles. The Morgan fingerprint density at radius 1 is 1.50 bits per heavy atom. The van der Waals surface area contributed by atoms with E-state index < -0.39 is 0 Å². The molecule has 8 heteroatoms. The van der Waals surface area contributed by atoms with E-state index in [9.17, 15) is 9.18 Å². The second-order valence-electron chi connectivity index (χ2n) is 5.98. The van der Waals surface area contributed by atoms with Gasteiger partial charge in [0, 0.05) is 25.9 Å². The van der Waals surface area contributed by atoms with Crippen molar-refractivity contribution in [3.05, 3.63) is 29.7 Å². The fourth-order valence-electron chi connectivity index (χ4n) is 3.16. The van der Waals surface area contributed by atoms with Crippen molar-refractivity contribution < 1.29 is 9.18 Å². The largest absolute Gasteiger partial charge is 0.353 e. The molecule has 128 valence electrons. The molecule has 1 unspecified atom stereocenters. The van der Waals surface area contributed by atoms with Gasteiger partial charge >= 0.3 is 0 Å². The number of aromatic nitrogens is 4. The first-order chi connectivity index (χ1) is 11.6. The van der Waals surface area contributed by atoms with Crippen LogP contribution in [0.25, 0.3) is 0 Å². The minimum absolute atomic E-state index is 0.127. The summed E-state index contributed by atoms with van der Waals surface area (Å²) in [5.74, 6) is 0.00165. The molecule has 3 heterocycles. The molecule has 1 fully saturated rings. The molecule has 0 spiro atoms. The van der Waals surface area contributed by atoms with Crippen LogP contribution in [0.4, 0.5) is 15.9 Å². The number of piperidine rings is 1. The summed E-state index contributed by atoms with van der Waals surface area (Å²) in [5.41, 5.74) is 1.99. The van der Waals surface area contributed by atoms with Crippen LogP contribution in [-0.4, -0.2) is 39.2 Å². The third-order valence-corrected chi connectivity index (χ3v) is 4.29. The number of aryl methyl sites for hydroxylation is 1. The van der Waals surface area contributed by atoms with Crippen LogP contribution in [-0.2, 0) is 11.2 Å². The predicted octanol–water partition coefficient (Wildman–Crippen LogP) is 2.24. The molecule has 0 saturated carbocycles. The average Bonchev–Trinajstić information content (AvgIpc) is 3.02. The van der Waals surface area contributed by atoms with Crippen molar-refractivity contribution in [2.24, 2.45) is 0 Å². The highest BCUT2D eigenvalue weighted by Crippen LogP contribution is 2.32. The molecule has 0 aromatic carbocycles. The number of anilines is 2. The number of carbonyl (C=O) groups excluding carboxylic acids is 1. The molecular weight excluding hydrogens is 311 g/mol. The average molecular weight is 332 g/mol. The van der Waals surface area contributed by atoms with E-state index in [2.05, 4.69) is 25.5 Å². The van der Waals surface area contributed by atoms with Crippen LogP contribution in [0.3, 0.4) is 0 Å². The number of aromatic amines is 1. The highest BCUT2D eigenvalue weighted by atomic mass is 19.1. The van der Waals surface area contributed by atoms with Gasteiger partial charge in [0.15, 0.2) is 11.6 Å². The zero-order chi connectivity index (χ0) is 17.1. The van der Waals surface area contributed by atoms with Gasteiger partial charge in [-0.25, -0.2) is 14.4 Å². The molecule has 0 bridgehead atoms. The number of halogens is 1. The van der Waals surface area contributed by atoms with E-state index in [4.69, 9.17) is 0 Å². The number of rotatable bonds is 4. The molecule has 1 aliphatic heterocycles. The lowest BCUT2D eigenvalue weighted by molar-refractivity contribution is -0.114. The van der Waals surface area contributed by atoms with Crippen LogP contribution in [0.15, 0.2) is 12.5 Å². The lowest BCUT2D eigenvalue weighted by Gasteiger charge is -2.33. The first-order valence-electron chi connectivity index (χ1n) is 8.15. The molecule has 0 radical (unpaired) electrons. The van der Waals surface area contributed by atoms with E-state index in [1.165, 1.54) is 13.3 Å². The fourth-order valence-corrected chi connectivity index (χ4v) is 3.16. The maximum absolute atomic E-state index is 14.5. The van der Waals surface area contributed by atoms with E-state index in [1.807, 2.05) is 11.8 Å². The second kappa shape index (κ2) is 6.94. The number of nitrogens with one attached hydrogen (secondary N) is 2. The Balaban J connectivity index is 1.83. The van der Waals surface area contributed by atoms with Gasteiger partial charge in [-0.3, -0.25) is 9.89 Å². The normalized spacial score (nSPS) is 17.8. The summed E-state index contributed by atoms with van der Waals surface area (Å²) < 4.78 is 14.5. The zero-order valence-corrected chi connectivity index (χ0v) is 13.8. The van der Waals surface area contributed by atoms with Crippen molar-refractivity contribution in [2.75, 3.05) is 23.3 Å². The van der Waals surface area contributed by atoms with Crippen LogP contribution in [0.2, 0.25) is 0 Å². The maximum Gasteiger partial charge on any atom is 0.221 e. The minimum atomic E-state index is -0.340. The van der Waals surface area contributed by atoms with Crippen LogP contribution < -0.4 is 10.2 Å². The Morgan fingerprint density at radius 3 is 3.08 bits per heavy atom. The maximum atomic E-state index is 14.5. The molecular formula is C16H21FN6O. The van der Waals surface area contributed by atoms with E-state index in [-0.39, 0.29) is 17.6 Å². The second-order valence-corrected chi connectivity index (χ2v) is 5.98. The number of carbonyl (C=O) groups is 1. The van der Waals surface area contributed by atoms with E-state index >= 15 is 0 Å². The van der Waals surface area contributed by atoms with Crippen molar-refractivity contribution >= 4 is 17.4 Å². The van der Waals surface area contributed by atoms with Gasteiger partial charge in [-0.15, -0.1) is 0 Å². The first-order valence-corrected chi connectivity index (χ1v) is 8.15. The molecule has 1 atom stereocenters. The van der Waals surface area contributed by atoms with Gasteiger partial charge in [-0.1, -0.05) is 6.92 Å². The van der Waals surface area contributed by atoms with Gasteiger partial charge in [0.2, 0.25) is 5.91 Å². The van der Waals surface area contributed by atoms with Gasteiger partial charge < -0.3 is 10.2 Å². The zero-order valence-electron chi connectivity index (χ0n) is 13.8. The number of hydrogen-bond donors (Lipinski definition) is 2. The van der Waals surface area contributed by atoms with Crippen LogP contribution in [0.1, 0.15) is 44.0 Å². The molecule has 7 nitrogen and oxygen atoms in total. The topological polar surface area (TPSA) is 86.8 Å². The third kappa shape index (κ3) is 3.22. The molecule has 2 aromatic rings. The van der Waals surface area contributed by atoms with E-state index in [1.54, 1.807) is 6.20 Å². The Hall–Kier alpha value is -2.51. The minimum Gasteiger partial charge on any atom is -0.353 e. The molecule has 3 rings (SSSR count). The van der Waals surface area contributed by atoms with E-state index in [0.717, 1.165) is 25.1 Å². The van der Waals surface area contributed by atoms with Crippen molar-refractivity contribution in [2.45, 2.75) is 39.0 Å². The summed E-state index contributed by atoms with van der Waals surface area (Å²) in [7, 11) is 0. The molecule has 1 aliphatic rings. The molecule has 2 N–H and O–H groups in total. The van der Waals surface area contributed by atoms with E-state index in [0.29, 0.717) is 30.2 Å². The lowest BCUT2D eigenvalue weighted by atomic mass is 9.94. The van der Waals surface area contributed by atoms with Gasteiger partial charge in [0.1, 0.15) is 6.33 Å². The smallest absolute Gasteiger partial charge is 0.221 e. The van der Waals surface area contributed by atoms with Gasteiger partial charge in [-0.05, 0) is 19.3 Å².